The number of hydrogen-bond donors (Lipinski definition) is 2. The van der Waals surface area contributed by atoms with Gasteiger partial charge in [-0.05, 0) is 44.2 Å². The first-order chi connectivity index (χ1) is 11.5. The van der Waals surface area contributed by atoms with E-state index in [0.717, 1.165) is 44.0 Å². The molecule has 1 aromatic rings. The summed E-state index contributed by atoms with van der Waals surface area (Å²) in [4.78, 5) is 16.9. The average molecular weight is 330 g/mol. The van der Waals surface area contributed by atoms with Crippen LogP contribution in [0.5, 0.6) is 0 Å². The van der Waals surface area contributed by atoms with E-state index in [9.17, 15) is 4.79 Å². The summed E-state index contributed by atoms with van der Waals surface area (Å²) in [5.41, 5.74) is 3.43. The van der Waals surface area contributed by atoms with Gasteiger partial charge in [0.2, 0.25) is 5.91 Å². The highest BCUT2D eigenvalue weighted by atomic mass is 16.2. The number of carbonyl (C=O) groups excluding carboxylic acids is 1. The van der Waals surface area contributed by atoms with Crippen LogP contribution in [0.1, 0.15) is 19.4 Å². The van der Waals surface area contributed by atoms with E-state index in [0.29, 0.717) is 6.54 Å². The maximum atomic E-state index is 12.0. The summed E-state index contributed by atoms with van der Waals surface area (Å²) >= 11 is 0. The van der Waals surface area contributed by atoms with Crippen molar-refractivity contribution in [2.75, 3.05) is 49.5 Å². The van der Waals surface area contributed by atoms with Gasteiger partial charge in [-0.15, -0.1) is 6.58 Å². The Kier molecular flexibility index (Phi) is 6.67. The zero-order valence-electron chi connectivity index (χ0n) is 15.1. The van der Waals surface area contributed by atoms with E-state index in [1.165, 1.54) is 5.69 Å². The van der Waals surface area contributed by atoms with Crippen molar-refractivity contribution < 1.29 is 4.79 Å². The monoisotopic (exact) mass is 330 g/mol. The second kappa shape index (κ2) is 8.73. The molecule has 1 atom stereocenters. The number of likely N-dealkylation sites (N-methyl/N-ethyl adjacent to an activating group) is 1. The van der Waals surface area contributed by atoms with Gasteiger partial charge in [-0.1, -0.05) is 13.0 Å². The van der Waals surface area contributed by atoms with Crippen molar-refractivity contribution in [3.8, 4) is 0 Å². The normalized spacial score (nSPS) is 16.5. The number of piperazine rings is 1. The first-order valence-electron chi connectivity index (χ1n) is 8.78. The molecular weight excluding hydrogens is 300 g/mol. The van der Waals surface area contributed by atoms with E-state index in [4.69, 9.17) is 0 Å². The molecule has 24 heavy (non-hydrogen) atoms. The van der Waals surface area contributed by atoms with E-state index in [1.807, 2.05) is 6.92 Å². The number of anilines is 2. The van der Waals surface area contributed by atoms with E-state index in [2.05, 4.69) is 59.1 Å². The van der Waals surface area contributed by atoms with Crippen LogP contribution >= 0.6 is 0 Å². The Bertz CT molecular complexity index is 564. The number of benzene rings is 1. The molecule has 0 radical (unpaired) electrons. The molecule has 0 aliphatic carbocycles. The van der Waals surface area contributed by atoms with Gasteiger partial charge in [-0.3, -0.25) is 4.79 Å². The molecule has 1 aromatic carbocycles. The molecular formula is C19H30N4O. The highest BCUT2D eigenvalue weighted by molar-refractivity contribution is 5.84. The second-order valence-electron chi connectivity index (χ2n) is 6.32. The molecule has 1 heterocycles. The fraction of sp³-hybridized carbons (Fsp3) is 0.526. The Morgan fingerprint density at radius 2 is 2.04 bits per heavy atom. The number of nitrogens with one attached hydrogen (secondary N) is 2. The molecule has 0 spiro atoms. The van der Waals surface area contributed by atoms with E-state index < -0.39 is 0 Å². The molecule has 1 aliphatic rings. The van der Waals surface area contributed by atoms with Crippen LogP contribution in [0.3, 0.4) is 0 Å². The zero-order chi connectivity index (χ0) is 17.5. The van der Waals surface area contributed by atoms with Crippen molar-refractivity contribution in [2.45, 2.75) is 26.8 Å². The lowest BCUT2D eigenvalue weighted by atomic mass is 10.1. The Balaban J connectivity index is 1.97. The summed E-state index contributed by atoms with van der Waals surface area (Å²) in [6, 6.07) is 6.15. The number of hydrogen-bond acceptors (Lipinski definition) is 4. The minimum Gasteiger partial charge on any atom is -0.374 e. The highest BCUT2D eigenvalue weighted by Crippen LogP contribution is 2.24. The predicted octanol–water partition coefficient (Wildman–Crippen LogP) is 2.24. The van der Waals surface area contributed by atoms with Gasteiger partial charge in [0.05, 0.1) is 0 Å². The van der Waals surface area contributed by atoms with Crippen LogP contribution in [0, 0.1) is 6.92 Å². The molecule has 1 saturated heterocycles. The zero-order valence-corrected chi connectivity index (χ0v) is 15.1. The summed E-state index contributed by atoms with van der Waals surface area (Å²) in [5, 5.41) is 6.10. The lowest BCUT2D eigenvalue weighted by Gasteiger charge is -2.35. The number of rotatable bonds is 7. The van der Waals surface area contributed by atoms with E-state index in [1.54, 1.807) is 6.08 Å². The Labute approximate surface area is 145 Å². The number of aryl methyl sites for hydroxylation is 1. The average Bonchev–Trinajstić information content (AvgIpc) is 2.61. The van der Waals surface area contributed by atoms with Crippen LogP contribution in [-0.2, 0) is 4.79 Å². The number of nitrogens with zero attached hydrogens (tertiary/aromatic N) is 2. The highest BCUT2D eigenvalue weighted by Gasteiger charge is 2.17. The van der Waals surface area contributed by atoms with Crippen LogP contribution in [0.15, 0.2) is 30.9 Å². The van der Waals surface area contributed by atoms with Gasteiger partial charge in [0.15, 0.2) is 0 Å². The van der Waals surface area contributed by atoms with Crippen molar-refractivity contribution >= 4 is 17.3 Å². The van der Waals surface area contributed by atoms with Crippen LogP contribution in [-0.4, -0.2) is 56.1 Å². The molecule has 1 amide bonds. The molecule has 5 heteroatoms. The van der Waals surface area contributed by atoms with Gasteiger partial charge < -0.3 is 20.4 Å². The molecule has 1 fully saturated rings. The predicted molar refractivity (Wildman–Crippen MR) is 102 cm³/mol. The molecule has 2 rings (SSSR count). The Hall–Kier alpha value is -2.01. The van der Waals surface area contributed by atoms with Crippen molar-refractivity contribution in [3.63, 3.8) is 0 Å². The van der Waals surface area contributed by atoms with Gasteiger partial charge in [0.1, 0.15) is 6.04 Å². The summed E-state index contributed by atoms with van der Waals surface area (Å²) in [6.07, 6.45) is 1.68. The SMILES string of the molecule is C=CCNC(=O)[C@@H](C)Nc1ccc(N2CCN(CC)CC2)cc1C. The lowest BCUT2D eigenvalue weighted by molar-refractivity contribution is -0.121. The Morgan fingerprint density at radius 1 is 1.33 bits per heavy atom. The third-order valence-electron chi connectivity index (χ3n) is 4.58. The molecule has 0 bridgehead atoms. The third kappa shape index (κ3) is 4.74. The summed E-state index contributed by atoms with van der Waals surface area (Å²) < 4.78 is 0. The van der Waals surface area contributed by atoms with Crippen LogP contribution in [0.4, 0.5) is 11.4 Å². The second-order valence-corrected chi connectivity index (χ2v) is 6.32. The molecule has 2 N–H and O–H groups in total. The van der Waals surface area contributed by atoms with Crippen molar-refractivity contribution in [1.82, 2.24) is 10.2 Å². The maximum Gasteiger partial charge on any atom is 0.242 e. The molecule has 1 aliphatic heterocycles. The molecule has 5 nitrogen and oxygen atoms in total. The summed E-state index contributed by atoms with van der Waals surface area (Å²) in [7, 11) is 0. The largest absolute Gasteiger partial charge is 0.374 e. The lowest BCUT2D eigenvalue weighted by Crippen LogP contribution is -2.46. The fourth-order valence-electron chi connectivity index (χ4n) is 2.95. The molecule has 132 valence electrons. The summed E-state index contributed by atoms with van der Waals surface area (Å²) in [5.74, 6) is -0.0194. The van der Waals surface area contributed by atoms with E-state index in [-0.39, 0.29) is 11.9 Å². The quantitative estimate of drug-likeness (QED) is 0.753. The standard InChI is InChI=1S/C19H30N4O/c1-5-9-20-19(24)16(4)21-18-8-7-17(14-15(18)3)23-12-10-22(6-2)11-13-23/h5,7-8,14,16,21H,1,6,9-13H2,2-4H3,(H,20,24)/t16-/m1/s1. The summed E-state index contributed by atoms with van der Waals surface area (Å²) in [6.45, 7) is 15.8. The van der Waals surface area contributed by atoms with Gasteiger partial charge in [0, 0.05) is 44.1 Å². The van der Waals surface area contributed by atoms with Gasteiger partial charge >= 0.3 is 0 Å². The third-order valence-corrected chi connectivity index (χ3v) is 4.58. The molecule has 0 aromatic heterocycles. The van der Waals surface area contributed by atoms with Gasteiger partial charge in [-0.25, -0.2) is 0 Å². The van der Waals surface area contributed by atoms with E-state index >= 15 is 0 Å². The number of amides is 1. The van der Waals surface area contributed by atoms with Crippen LogP contribution in [0.2, 0.25) is 0 Å². The minimum absolute atomic E-state index is 0.0194. The first-order valence-corrected chi connectivity index (χ1v) is 8.78. The van der Waals surface area contributed by atoms with Crippen molar-refractivity contribution in [3.05, 3.63) is 36.4 Å². The van der Waals surface area contributed by atoms with Gasteiger partial charge in [-0.2, -0.15) is 0 Å². The first kappa shape index (κ1) is 18.3. The topological polar surface area (TPSA) is 47.6 Å². The number of carbonyl (C=O) groups is 1. The van der Waals surface area contributed by atoms with Crippen LogP contribution in [0.25, 0.3) is 0 Å². The smallest absolute Gasteiger partial charge is 0.242 e. The van der Waals surface area contributed by atoms with Crippen molar-refractivity contribution in [2.24, 2.45) is 0 Å². The van der Waals surface area contributed by atoms with Crippen LogP contribution < -0.4 is 15.5 Å². The molecule has 0 unspecified atom stereocenters. The van der Waals surface area contributed by atoms with Gasteiger partial charge in [0.25, 0.3) is 0 Å². The van der Waals surface area contributed by atoms with Crippen molar-refractivity contribution in [1.29, 1.82) is 0 Å². The Morgan fingerprint density at radius 3 is 2.62 bits per heavy atom. The molecule has 0 saturated carbocycles. The minimum atomic E-state index is -0.275. The fourth-order valence-corrected chi connectivity index (χ4v) is 2.95. The maximum absolute atomic E-state index is 12.0.